The topological polar surface area (TPSA) is 58.3 Å². The Kier molecular flexibility index (Phi) is 3.81. The van der Waals surface area contributed by atoms with E-state index in [1.54, 1.807) is 4.57 Å². The Labute approximate surface area is 123 Å². The number of aliphatic hydroxyl groups is 2. The molecule has 2 aromatic carbocycles. The predicted molar refractivity (Wildman–Crippen MR) is 81.2 cm³/mol. The molecule has 4 heteroatoms. The summed E-state index contributed by atoms with van der Waals surface area (Å²) in [5.74, 6) is 0.654. The number of aliphatic hydroxyl groups excluding tert-OH is 2. The van der Waals surface area contributed by atoms with E-state index in [2.05, 4.69) is 4.98 Å². The Morgan fingerprint density at radius 2 is 1.38 bits per heavy atom. The molecular formula is C17H16N2O2. The summed E-state index contributed by atoms with van der Waals surface area (Å²) in [5, 5.41) is 19.3. The Morgan fingerprint density at radius 1 is 0.810 bits per heavy atom. The summed E-state index contributed by atoms with van der Waals surface area (Å²) in [4.78, 5) is 4.64. The highest BCUT2D eigenvalue weighted by Crippen LogP contribution is 2.29. The lowest BCUT2D eigenvalue weighted by atomic mass is 10.1. The first-order chi connectivity index (χ1) is 10.3. The second-order valence-electron chi connectivity index (χ2n) is 4.69. The second kappa shape index (κ2) is 5.91. The van der Waals surface area contributed by atoms with E-state index < -0.39 is 0 Å². The van der Waals surface area contributed by atoms with E-state index in [4.69, 9.17) is 0 Å². The van der Waals surface area contributed by atoms with E-state index in [1.165, 1.54) is 0 Å². The van der Waals surface area contributed by atoms with Gasteiger partial charge in [0.05, 0.1) is 18.0 Å². The van der Waals surface area contributed by atoms with Crippen LogP contribution in [0.1, 0.15) is 5.69 Å². The number of hydrogen-bond acceptors (Lipinski definition) is 3. The summed E-state index contributed by atoms with van der Waals surface area (Å²) in [6.45, 7) is -0.398. The largest absolute Gasteiger partial charge is 0.390 e. The normalized spacial score (nSPS) is 10.8. The smallest absolute Gasteiger partial charge is 0.142 e. The van der Waals surface area contributed by atoms with Crippen molar-refractivity contribution >= 4 is 0 Å². The summed E-state index contributed by atoms with van der Waals surface area (Å²) >= 11 is 0. The summed E-state index contributed by atoms with van der Waals surface area (Å²) in [7, 11) is 0. The van der Waals surface area contributed by atoms with Crippen LogP contribution in [0.3, 0.4) is 0 Å². The molecule has 0 amide bonds. The van der Waals surface area contributed by atoms with Crippen molar-refractivity contribution in [3.63, 3.8) is 0 Å². The van der Waals surface area contributed by atoms with Crippen molar-refractivity contribution in [2.45, 2.75) is 13.3 Å². The molecule has 0 unspecified atom stereocenters. The minimum atomic E-state index is -0.222. The number of aromatic nitrogens is 2. The van der Waals surface area contributed by atoms with Crippen LogP contribution < -0.4 is 0 Å². The molecule has 3 rings (SSSR count). The molecule has 3 aromatic rings. The lowest BCUT2D eigenvalue weighted by Crippen LogP contribution is -2.05. The Morgan fingerprint density at radius 3 is 1.90 bits per heavy atom. The molecule has 1 aromatic heterocycles. The van der Waals surface area contributed by atoms with Gasteiger partial charge in [-0.25, -0.2) is 4.98 Å². The zero-order valence-electron chi connectivity index (χ0n) is 11.5. The SMILES string of the molecule is OCc1c(-c2ccccc2)nc(-c2ccccc2)n1CO. The monoisotopic (exact) mass is 280 g/mol. The number of benzene rings is 2. The molecule has 0 aliphatic carbocycles. The maximum absolute atomic E-state index is 9.68. The van der Waals surface area contributed by atoms with Gasteiger partial charge in [-0.1, -0.05) is 60.7 Å². The Bertz CT molecular complexity index is 659. The number of imidazole rings is 1. The fraction of sp³-hybridized carbons (Fsp3) is 0.118. The molecular weight excluding hydrogens is 264 g/mol. The Hall–Kier alpha value is -2.43. The van der Waals surface area contributed by atoms with E-state index in [0.29, 0.717) is 17.2 Å². The zero-order chi connectivity index (χ0) is 14.7. The highest BCUT2D eigenvalue weighted by atomic mass is 16.3. The van der Waals surface area contributed by atoms with Gasteiger partial charge in [-0.2, -0.15) is 0 Å². The van der Waals surface area contributed by atoms with E-state index in [-0.39, 0.29) is 13.3 Å². The van der Waals surface area contributed by atoms with Crippen molar-refractivity contribution in [3.05, 3.63) is 66.4 Å². The van der Waals surface area contributed by atoms with Crippen LogP contribution in [0.15, 0.2) is 60.7 Å². The van der Waals surface area contributed by atoms with Gasteiger partial charge >= 0.3 is 0 Å². The molecule has 0 saturated carbocycles. The summed E-state index contributed by atoms with van der Waals surface area (Å²) in [6, 6.07) is 19.3. The van der Waals surface area contributed by atoms with Gasteiger partial charge in [-0.3, -0.25) is 0 Å². The van der Waals surface area contributed by atoms with Gasteiger partial charge in [0.1, 0.15) is 12.6 Å². The number of hydrogen-bond donors (Lipinski definition) is 2. The first-order valence-corrected chi connectivity index (χ1v) is 6.77. The highest BCUT2D eigenvalue weighted by Gasteiger charge is 2.18. The number of nitrogens with zero attached hydrogens (tertiary/aromatic N) is 2. The molecule has 0 atom stereocenters. The molecule has 21 heavy (non-hydrogen) atoms. The van der Waals surface area contributed by atoms with Crippen LogP contribution in [0.4, 0.5) is 0 Å². The third-order valence-corrected chi connectivity index (χ3v) is 3.44. The molecule has 0 saturated heterocycles. The maximum Gasteiger partial charge on any atom is 0.142 e. The standard InChI is InChI=1S/C17H16N2O2/c20-11-15-16(13-7-3-1-4-8-13)18-17(19(15)12-21)14-9-5-2-6-10-14/h1-10,20-21H,11-12H2. The summed E-state index contributed by atoms with van der Waals surface area (Å²) < 4.78 is 1.64. The number of rotatable bonds is 4. The molecule has 106 valence electrons. The van der Waals surface area contributed by atoms with Crippen LogP contribution in [0.5, 0.6) is 0 Å². The average Bonchev–Trinajstić information content (AvgIpc) is 2.95. The molecule has 4 nitrogen and oxygen atoms in total. The zero-order valence-corrected chi connectivity index (χ0v) is 11.5. The molecule has 0 aliphatic heterocycles. The van der Waals surface area contributed by atoms with Crippen LogP contribution in [-0.4, -0.2) is 19.8 Å². The van der Waals surface area contributed by atoms with Crippen LogP contribution in [-0.2, 0) is 13.3 Å². The van der Waals surface area contributed by atoms with Gasteiger partial charge in [-0.15, -0.1) is 0 Å². The van der Waals surface area contributed by atoms with Crippen LogP contribution in [0.2, 0.25) is 0 Å². The second-order valence-corrected chi connectivity index (χ2v) is 4.69. The predicted octanol–water partition coefficient (Wildman–Crippen LogP) is 2.66. The van der Waals surface area contributed by atoms with Gasteiger partial charge in [0.25, 0.3) is 0 Å². The van der Waals surface area contributed by atoms with Crippen molar-refractivity contribution in [1.29, 1.82) is 0 Å². The van der Waals surface area contributed by atoms with Crippen LogP contribution in [0, 0.1) is 0 Å². The third kappa shape index (κ3) is 2.46. The molecule has 0 fully saturated rings. The van der Waals surface area contributed by atoms with Crippen molar-refractivity contribution in [1.82, 2.24) is 9.55 Å². The average molecular weight is 280 g/mol. The van der Waals surface area contributed by atoms with Gasteiger partial charge in [-0.05, 0) is 0 Å². The van der Waals surface area contributed by atoms with E-state index in [1.807, 2.05) is 60.7 Å². The fourth-order valence-electron chi connectivity index (χ4n) is 2.43. The molecule has 0 spiro atoms. The Balaban J connectivity index is 2.21. The molecule has 0 bridgehead atoms. The summed E-state index contributed by atoms with van der Waals surface area (Å²) in [5.41, 5.74) is 3.14. The highest BCUT2D eigenvalue weighted by molar-refractivity contribution is 5.68. The molecule has 1 heterocycles. The van der Waals surface area contributed by atoms with Crippen LogP contribution in [0.25, 0.3) is 22.6 Å². The van der Waals surface area contributed by atoms with E-state index in [0.717, 1.165) is 11.1 Å². The third-order valence-electron chi connectivity index (χ3n) is 3.44. The minimum Gasteiger partial charge on any atom is -0.390 e. The first kappa shape index (κ1) is 13.5. The fourth-order valence-corrected chi connectivity index (χ4v) is 2.43. The molecule has 2 N–H and O–H groups in total. The minimum absolute atomic E-state index is 0.176. The molecule has 0 aliphatic rings. The summed E-state index contributed by atoms with van der Waals surface area (Å²) in [6.07, 6.45) is 0. The van der Waals surface area contributed by atoms with Gasteiger partial charge in [0, 0.05) is 11.1 Å². The lowest BCUT2D eigenvalue weighted by Gasteiger charge is -2.07. The first-order valence-electron chi connectivity index (χ1n) is 6.77. The van der Waals surface area contributed by atoms with E-state index >= 15 is 0 Å². The lowest BCUT2D eigenvalue weighted by molar-refractivity contribution is 0.194. The van der Waals surface area contributed by atoms with Crippen molar-refractivity contribution in [2.24, 2.45) is 0 Å². The molecule has 0 radical (unpaired) electrons. The van der Waals surface area contributed by atoms with E-state index in [9.17, 15) is 10.2 Å². The van der Waals surface area contributed by atoms with Gasteiger partial charge in [0.15, 0.2) is 0 Å². The van der Waals surface area contributed by atoms with Crippen molar-refractivity contribution in [2.75, 3.05) is 0 Å². The van der Waals surface area contributed by atoms with Crippen LogP contribution >= 0.6 is 0 Å². The van der Waals surface area contributed by atoms with Crippen molar-refractivity contribution in [3.8, 4) is 22.6 Å². The quantitative estimate of drug-likeness (QED) is 0.772. The van der Waals surface area contributed by atoms with Gasteiger partial charge < -0.3 is 14.8 Å². The van der Waals surface area contributed by atoms with Crippen molar-refractivity contribution < 1.29 is 10.2 Å². The maximum atomic E-state index is 9.68. The van der Waals surface area contributed by atoms with Gasteiger partial charge in [0.2, 0.25) is 0 Å².